The molecule has 2 aromatic carbocycles. The lowest BCUT2D eigenvalue weighted by Gasteiger charge is -2.27. The zero-order valence-corrected chi connectivity index (χ0v) is 16.8. The minimum absolute atomic E-state index is 0.0710. The Morgan fingerprint density at radius 2 is 2.00 bits per heavy atom. The van der Waals surface area contributed by atoms with E-state index in [0.29, 0.717) is 5.82 Å². The number of fused-ring (bicyclic) bond motifs is 1. The van der Waals surface area contributed by atoms with Crippen molar-refractivity contribution < 1.29 is 14.6 Å². The predicted molar refractivity (Wildman–Crippen MR) is 110 cm³/mol. The van der Waals surface area contributed by atoms with Gasteiger partial charge in [0.1, 0.15) is 25.2 Å². The van der Waals surface area contributed by atoms with Crippen LogP contribution in [-0.2, 0) is 22.5 Å². The first-order valence-corrected chi connectivity index (χ1v) is 9.48. The van der Waals surface area contributed by atoms with Crippen LogP contribution in [-0.4, -0.2) is 34.4 Å². The number of imidazole rings is 1. The minimum atomic E-state index is -0.777. The topological polar surface area (TPSA) is 67.6 Å². The normalized spacial score (nSPS) is 12.3. The molecule has 28 heavy (non-hydrogen) atoms. The smallest absolute Gasteiger partial charge is 0.248 e. The van der Waals surface area contributed by atoms with Crippen molar-refractivity contribution in [3.63, 3.8) is 0 Å². The van der Waals surface area contributed by atoms with E-state index < -0.39 is 6.10 Å². The summed E-state index contributed by atoms with van der Waals surface area (Å²) in [5.74, 6) is 0.364. The van der Waals surface area contributed by atoms with Gasteiger partial charge in [0, 0.05) is 7.11 Å². The third-order valence-electron chi connectivity index (χ3n) is 4.88. The van der Waals surface area contributed by atoms with Crippen LogP contribution in [0.1, 0.15) is 36.9 Å². The Hall–Kier alpha value is -2.70. The SMILES string of the molecule is CCc1cccc(C)c1N(COC)C(=O)Cn1c([C@H](C)O)nc2ccccc21. The molecule has 0 aliphatic heterocycles. The van der Waals surface area contributed by atoms with Crippen LogP contribution < -0.4 is 4.90 Å². The lowest BCUT2D eigenvalue weighted by Crippen LogP contribution is -2.37. The fourth-order valence-electron chi connectivity index (χ4n) is 3.58. The number of aryl methyl sites for hydroxylation is 2. The van der Waals surface area contributed by atoms with Gasteiger partial charge in [-0.3, -0.25) is 9.69 Å². The summed E-state index contributed by atoms with van der Waals surface area (Å²) in [6.07, 6.45) is 0.0398. The second-order valence-electron chi connectivity index (χ2n) is 6.90. The Balaban J connectivity index is 2.03. The number of methoxy groups -OCH3 is 1. The molecule has 148 valence electrons. The second-order valence-corrected chi connectivity index (χ2v) is 6.90. The first kappa shape index (κ1) is 20.0. The molecule has 1 heterocycles. The fraction of sp³-hybridized carbons (Fsp3) is 0.364. The summed E-state index contributed by atoms with van der Waals surface area (Å²) in [5, 5.41) is 10.2. The van der Waals surface area contributed by atoms with Gasteiger partial charge >= 0.3 is 0 Å². The molecular weight excluding hydrogens is 354 g/mol. The zero-order valence-electron chi connectivity index (χ0n) is 16.8. The van der Waals surface area contributed by atoms with Crippen molar-refractivity contribution in [2.75, 3.05) is 18.7 Å². The molecular formula is C22H27N3O3. The molecule has 0 aliphatic rings. The Morgan fingerprint density at radius 3 is 2.68 bits per heavy atom. The lowest BCUT2D eigenvalue weighted by molar-refractivity contribution is -0.120. The Kier molecular flexibility index (Phi) is 6.11. The summed E-state index contributed by atoms with van der Waals surface area (Å²) < 4.78 is 7.14. The number of carbonyl (C=O) groups excluding carboxylic acids is 1. The second kappa shape index (κ2) is 8.54. The van der Waals surface area contributed by atoms with Crippen LogP contribution in [0.4, 0.5) is 5.69 Å². The molecule has 6 nitrogen and oxygen atoms in total. The number of aromatic nitrogens is 2. The predicted octanol–water partition coefficient (Wildman–Crippen LogP) is 3.60. The standard InChI is InChI=1S/C22H27N3O3/c1-5-17-10-8-9-15(2)21(17)25(14-28-4)20(27)13-24-19-12-7-6-11-18(19)23-22(24)16(3)26/h6-12,16,26H,5,13-14H2,1-4H3/t16-/m0/s1. The van der Waals surface area contributed by atoms with Crippen LogP contribution in [0.2, 0.25) is 0 Å². The Bertz CT molecular complexity index is 978. The van der Waals surface area contributed by atoms with E-state index in [2.05, 4.69) is 11.9 Å². The largest absolute Gasteiger partial charge is 0.385 e. The van der Waals surface area contributed by atoms with Crippen LogP contribution in [0.3, 0.4) is 0 Å². The molecule has 0 saturated carbocycles. The first-order valence-electron chi connectivity index (χ1n) is 9.48. The number of para-hydroxylation sites is 3. The summed E-state index contributed by atoms with van der Waals surface area (Å²) in [6.45, 7) is 5.96. The van der Waals surface area contributed by atoms with Gasteiger partial charge in [-0.1, -0.05) is 37.3 Å². The molecule has 1 atom stereocenters. The van der Waals surface area contributed by atoms with Gasteiger partial charge in [0.15, 0.2) is 0 Å². The van der Waals surface area contributed by atoms with Crippen LogP contribution in [0.15, 0.2) is 42.5 Å². The third-order valence-corrected chi connectivity index (χ3v) is 4.88. The van der Waals surface area contributed by atoms with Crippen molar-refractivity contribution in [1.29, 1.82) is 0 Å². The van der Waals surface area contributed by atoms with E-state index in [4.69, 9.17) is 4.74 Å². The van der Waals surface area contributed by atoms with Gasteiger partial charge in [-0.2, -0.15) is 0 Å². The van der Waals surface area contributed by atoms with E-state index >= 15 is 0 Å². The van der Waals surface area contributed by atoms with Crippen LogP contribution >= 0.6 is 0 Å². The van der Waals surface area contributed by atoms with Gasteiger partial charge in [0.25, 0.3) is 0 Å². The van der Waals surface area contributed by atoms with Crippen molar-refractivity contribution in [3.8, 4) is 0 Å². The highest BCUT2D eigenvalue weighted by molar-refractivity contribution is 5.95. The Labute approximate surface area is 165 Å². The van der Waals surface area contributed by atoms with Crippen molar-refractivity contribution in [2.24, 2.45) is 0 Å². The van der Waals surface area contributed by atoms with E-state index in [0.717, 1.165) is 34.3 Å². The highest BCUT2D eigenvalue weighted by atomic mass is 16.5. The number of aliphatic hydroxyl groups is 1. The minimum Gasteiger partial charge on any atom is -0.385 e. The van der Waals surface area contributed by atoms with Crippen molar-refractivity contribution in [1.82, 2.24) is 9.55 Å². The molecule has 0 bridgehead atoms. The van der Waals surface area contributed by atoms with Crippen LogP contribution in [0, 0.1) is 6.92 Å². The maximum Gasteiger partial charge on any atom is 0.248 e. The quantitative estimate of drug-likeness (QED) is 0.635. The molecule has 0 saturated heterocycles. The average molecular weight is 381 g/mol. The van der Waals surface area contributed by atoms with E-state index in [1.54, 1.807) is 23.5 Å². The zero-order chi connectivity index (χ0) is 20.3. The van der Waals surface area contributed by atoms with Crippen LogP contribution in [0.25, 0.3) is 11.0 Å². The summed E-state index contributed by atoms with van der Waals surface area (Å²) >= 11 is 0. The molecule has 1 aromatic heterocycles. The van der Waals surface area contributed by atoms with Crippen LogP contribution in [0.5, 0.6) is 0 Å². The monoisotopic (exact) mass is 381 g/mol. The molecule has 1 N–H and O–H groups in total. The molecule has 3 aromatic rings. The number of rotatable bonds is 7. The van der Waals surface area contributed by atoms with Gasteiger partial charge in [-0.25, -0.2) is 4.98 Å². The number of carbonyl (C=O) groups is 1. The number of amides is 1. The number of ether oxygens (including phenoxy) is 1. The lowest BCUT2D eigenvalue weighted by atomic mass is 10.0. The molecule has 0 spiro atoms. The van der Waals surface area contributed by atoms with Gasteiger partial charge in [0.2, 0.25) is 5.91 Å². The molecule has 0 unspecified atom stereocenters. The van der Waals surface area contributed by atoms with Gasteiger partial charge in [-0.15, -0.1) is 0 Å². The molecule has 6 heteroatoms. The average Bonchev–Trinajstić information content (AvgIpc) is 3.05. The van der Waals surface area contributed by atoms with Crippen molar-refractivity contribution >= 4 is 22.6 Å². The number of nitrogens with zero attached hydrogens (tertiary/aromatic N) is 3. The molecule has 0 aliphatic carbocycles. The summed E-state index contributed by atoms with van der Waals surface area (Å²) in [5.41, 5.74) is 4.59. The number of hydrogen-bond acceptors (Lipinski definition) is 4. The first-order chi connectivity index (χ1) is 13.5. The van der Waals surface area contributed by atoms with E-state index in [9.17, 15) is 9.90 Å². The van der Waals surface area contributed by atoms with Gasteiger partial charge < -0.3 is 14.4 Å². The third kappa shape index (κ3) is 3.79. The van der Waals surface area contributed by atoms with E-state index in [1.807, 2.05) is 49.4 Å². The maximum atomic E-state index is 13.4. The van der Waals surface area contributed by atoms with E-state index in [-0.39, 0.29) is 19.2 Å². The number of aliphatic hydroxyl groups excluding tert-OH is 1. The van der Waals surface area contributed by atoms with Crippen molar-refractivity contribution in [3.05, 3.63) is 59.4 Å². The van der Waals surface area contributed by atoms with E-state index in [1.165, 1.54) is 0 Å². The summed E-state index contributed by atoms with van der Waals surface area (Å²) in [4.78, 5) is 19.5. The molecule has 0 radical (unpaired) electrons. The summed E-state index contributed by atoms with van der Waals surface area (Å²) in [7, 11) is 1.58. The highest BCUT2D eigenvalue weighted by Gasteiger charge is 2.23. The molecule has 1 amide bonds. The van der Waals surface area contributed by atoms with Crippen molar-refractivity contribution in [2.45, 2.75) is 39.8 Å². The van der Waals surface area contributed by atoms with Gasteiger partial charge in [-0.05, 0) is 43.5 Å². The maximum absolute atomic E-state index is 13.4. The summed E-state index contributed by atoms with van der Waals surface area (Å²) in [6, 6.07) is 13.6. The fourth-order valence-corrected chi connectivity index (χ4v) is 3.58. The molecule has 0 fully saturated rings. The number of benzene rings is 2. The number of hydrogen-bond donors (Lipinski definition) is 1. The molecule has 3 rings (SSSR count). The highest BCUT2D eigenvalue weighted by Crippen LogP contribution is 2.27. The Morgan fingerprint density at radius 1 is 1.25 bits per heavy atom. The van der Waals surface area contributed by atoms with Gasteiger partial charge in [0.05, 0.1) is 16.7 Å². The number of anilines is 1.